The normalized spacial score (nSPS) is 13.3. The average molecular weight is 559 g/mol. The summed E-state index contributed by atoms with van der Waals surface area (Å²) in [7, 11) is 1.65. The molecule has 0 radical (unpaired) electrons. The summed E-state index contributed by atoms with van der Waals surface area (Å²) in [5, 5.41) is 0. The fourth-order valence-electron chi connectivity index (χ4n) is 5.10. The summed E-state index contributed by atoms with van der Waals surface area (Å²) >= 11 is 0. The van der Waals surface area contributed by atoms with Crippen LogP contribution in [0.5, 0.6) is 5.75 Å². The Morgan fingerprint density at radius 3 is 2.37 bits per heavy atom. The second kappa shape index (κ2) is 12.8. The molecule has 9 heteroatoms. The maximum Gasteiger partial charge on any atom is 0.289 e. The highest BCUT2D eigenvalue weighted by molar-refractivity contribution is 5.94. The van der Waals surface area contributed by atoms with Crippen molar-refractivity contribution in [3.05, 3.63) is 108 Å². The lowest BCUT2D eigenvalue weighted by atomic mass is 10.2. The standard InChI is InChI=1S/C32H35FN4O4/c1-3-16-37(31(38)24-6-8-25(33)9-7-24)22-27-5-4-17-36(27)23-29-14-15-30(41-29)32(39)35-20-18-34(19-21-35)26-10-12-28(40-2)13-11-26/h4-15,17H,3,16,18-23H2,1-2H3. The summed E-state index contributed by atoms with van der Waals surface area (Å²) < 4.78 is 26.6. The molecule has 2 aromatic carbocycles. The minimum Gasteiger partial charge on any atom is -0.497 e. The number of halogens is 1. The molecule has 1 aliphatic rings. The van der Waals surface area contributed by atoms with Gasteiger partial charge in [0.2, 0.25) is 0 Å². The van der Waals surface area contributed by atoms with Crippen molar-refractivity contribution in [1.82, 2.24) is 14.4 Å². The van der Waals surface area contributed by atoms with Crippen molar-refractivity contribution in [3.63, 3.8) is 0 Å². The van der Waals surface area contributed by atoms with Gasteiger partial charge in [0.15, 0.2) is 5.76 Å². The molecule has 2 amide bonds. The lowest BCUT2D eigenvalue weighted by Crippen LogP contribution is -2.48. The number of carbonyl (C=O) groups excluding carboxylic acids is 2. The molecule has 0 spiro atoms. The third kappa shape index (κ3) is 6.62. The third-order valence-corrected chi connectivity index (χ3v) is 7.35. The second-order valence-corrected chi connectivity index (χ2v) is 10.1. The number of hydrogen-bond acceptors (Lipinski definition) is 5. The first kappa shape index (κ1) is 28.0. The Morgan fingerprint density at radius 1 is 0.951 bits per heavy atom. The molecule has 4 aromatic rings. The van der Waals surface area contributed by atoms with Gasteiger partial charge in [-0.3, -0.25) is 9.59 Å². The fourth-order valence-corrected chi connectivity index (χ4v) is 5.10. The molecule has 0 saturated carbocycles. The van der Waals surface area contributed by atoms with Crippen LogP contribution in [0.15, 0.2) is 83.4 Å². The van der Waals surface area contributed by atoms with E-state index in [9.17, 15) is 14.0 Å². The van der Waals surface area contributed by atoms with Crippen LogP contribution in [0.4, 0.5) is 10.1 Å². The van der Waals surface area contributed by atoms with Gasteiger partial charge < -0.3 is 28.4 Å². The Hall–Kier alpha value is -4.53. The monoisotopic (exact) mass is 558 g/mol. The van der Waals surface area contributed by atoms with E-state index in [1.54, 1.807) is 18.1 Å². The van der Waals surface area contributed by atoms with Crippen LogP contribution in [0.3, 0.4) is 0 Å². The largest absolute Gasteiger partial charge is 0.497 e. The zero-order chi connectivity index (χ0) is 28.8. The van der Waals surface area contributed by atoms with Crippen molar-refractivity contribution in [3.8, 4) is 5.75 Å². The maximum atomic E-state index is 13.4. The Morgan fingerprint density at radius 2 is 1.68 bits per heavy atom. The van der Waals surface area contributed by atoms with Crippen LogP contribution in [0.25, 0.3) is 0 Å². The number of nitrogens with zero attached hydrogens (tertiary/aromatic N) is 4. The van der Waals surface area contributed by atoms with Crippen LogP contribution in [0.1, 0.15) is 45.7 Å². The average Bonchev–Trinajstić information content (AvgIpc) is 3.66. The highest BCUT2D eigenvalue weighted by Crippen LogP contribution is 2.22. The van der Waals surface area contributed by atoms with Gasteiger partial charge in [0, 0.05) is 55.9 Å². The van der Waals surface area contributed by atoms with Crippen molar-refractivity contribution < 1.29 is 23.1 Å². The molecule has 0 aliphatic carbocycles. The Kier molecular flexibility index (Phi) is 8.72. The van der Waals surface area contributed by atoms with E-state index in [4.69, 9.17) is 9.15 Å². The first-order valence-electron chi connectivity index (χ1n) is 13.9. The lowest BCUT2D eigenvalue weighted by Gasteiger charge is -2.35. The molecule has 214 valence electrons. The second-order valence-electron chi connectivity index (χ2n) is 10.1. The van der Waals surface area contributed by atoms with Crippen LogP contribution in [-0.2, 0) is 13.1 Å². The van der Waals surface area contributed by atoms with Gasteiger partial charge in [0.05, 0.1) is 20.2 Å². The van der Waals surface area contributed by atoms with Gasteiger partial charge in [-0.2, -0.15) is 0 Å². The van der Waals surface area contributed by atoms with E-state index in [1.807, 2.05) is 65.1 Å². The molecule has 3 heterocycles. The Labute approximate surface area is 239 Å². The number of piperazine rings is 1. The topological polar surface area (TPSA) is 71.2 Å². The number of furan rings is 1. The van der Waals surface area contributed by atoms with E-state index in [0.717, 1.165) is 36.6 Å². The van der Waals surface area contributed by atoms with E-state index in [-0.39, 0.29) is 17.6 Å². The Bertz CT molecular complexity index is 1450. The van der Waals surface area contributed by atoms with Crippen molar-refractivity contribution in [1.29, 1.82) is 0 Å². The summed E-state index contributed by atoms with van der Waals surface area (Å²) in [6.45, 7) is 6.13. The number of hydrogen-bond donors (Lipinski definition) is 0. The summed E-state index contributed by atoms with van der Waals surface area (Å²) in [4.78, 5) is 32.2. The number of ether oxygens (including phenoxy) is 1. The molecule has 8 nitrogen and oxygen atoms in total. The quantitative estimate of drug-likeness (QED) is 0.265. The molecule has 1 aliphatic heterocycles. The molecule has 0 unspecified atom stereocenters. The van der Waals surface area contributed by atoms with E-state index < -0.39 is 0 Å². The molecule has 1 fully saturated rings. The van der Waals surface area contributed by atoms with Gasteiger partial charge in [-0.1, -0.05) is 6.92 Å². The van der Waals surface area contributed by atoms with Crippen LogP contribution >= 0.6 is 0 Å². The van der Waals surface area contributed by atoms with Crippen LogP contribution < -0.4 is 9.64 Å². The molecule has 1 saturated heterocycles. The maximum absolute atomic E-state index is 13.4. The van der Waals surface area contributed by atoms with Crippen molar-refractivity contribution in [2.45, 2.75) is 26.4 Å². The fraction of sp³-hybridized carbons (Fsp3) is 0.312. The number of carbonyl (C=O) groups is 2. The lowest BCUT2D eigenvalue weighted by molar-refractivity contribution is 0.0710. The number of benzene rings is 2. The molecule has 0 bridgehead atoms. The number of aromatic nitrogens is 1. The van der Waals surface area contributed by atoms with Crippen molar-refractivity contribution in [2.24, 2.45) is 0 Å². The third-order valence-electron chi connectivity index (χ3n) is 7.35. The van der Waals surface area contributed by atoms with Gasteiger partial charge in [-0.25, -0.2) is 4.39 Å². The highest BCUT2D eigenvalue weighted by atomic mass is 19.1. The van der Waals surface area contributed by atoms with Gasteiger partial charge >= 0.3 is 0 Å². The van der Waals surface area contributed by atoms with E-state index in [2.05, 4.69) is 4.90 Å². The van der Waals surface area contributed by atoms with Crippen LogP contribution in [0, 0.1) is 5.82 Å². The molecule has 5 rings (SSSR count). The summed E-state index contributed by atoms with van der Waals surface area (Å²) in [5.41, 5.74) is 2.50. The number of methoxy groups -OCH3 is 1. The molecular weight excluding hydrogens is 523 g/mol. The van der Waals surface area contributed by atoms with Crippen molar-refractivity contribution >= 4 is 17.5 Å². The predicted molar refractivity (Wildman–Crippen MR) is 155 cm³/mol. The van der Waals surface area contributed by atoms with Gasteiger partial charge in [-0.15, -0.1) is 0 Å². The first-order valence-corrected chi connectivity index (χ1v) is 13.9. The highest BCUT2D eigenvalue weighted by Gasteiger charge is 2.25. The van der Waals surface area contributed by atoms with Crippen LogP contribution in [-0.4, -0.2) is 66.0 Å². The van der Waals surface area contributed by atoms with Crippen molar-refractivity contribution in [2.75, 3.05) is 44.7 Å². The van der Waals surface area contributed by atoms with Gasteiger partial charge in [-0.05, 0) is 79.2 Å². The molecule has 2 aromatic heterocycles. The number of rotatable bonds is 10. The molecule has 0 N–H and O–H groups in total. The first-order chi connectivity index (χ1) is 19.9. The SMILES string of the molecule is CCCN(Cc1cccn1Cc1ccc(C(=O)N2CCN(c3ccc(OC)cc3)CC2)o1)C(=O)c1ccc(F)cc1. The summed E-state index contributed by atoms with van der Waals surface area (Å²) in [5.74, 6) is 1.18. The molecular formula is C32H35FN4O4. The number of amides is 2. The predicted octanol–water partition coefficient (Wildman–Crippen LogP) is 5.29. The van der Waals surface area contributed by atoms with E-state index in [0.29, 0.717) is 49.8 Å². The van der Waals surface area contributed by atoms with Gasteiger partial charge in [0.1, 0.15) is 17.3 Å². The summed E-state index contributed by atoms with van der Waals surface area (Å²) in [6, 6.07) is 21.0. The van der Waals surface area contributed by atoms with E-state index in [1.165, 1.54) is 24.3 Å². The Balaban J connectivity index is 1.19. The van der Waals surface area contributed by atoms with Gasteiger partial charge in [0.25, 0.3) is 11.8 Å². The molecule has 41 heavy (non-hydrogen) atoms. The minimum atomic E-state index is -0.371. The molecule has 0 atom stereocenters. The summed E-state index contributed by atoms with van der Waals surface area (Å²) in [6.07, 6.45) is 2.73. The zero-order valence-corrected chi connectivity index (χ0v) is 23.5. The number of anilines is 1. The zero-order valence-electron chi connectivity index (χ0n) is 23.5. The van der Waals surface area contributed by atoms with Crippen LogP contribution in [0.2, 0.25) is 0 Å². The minimum absolute atomic E-state index is 0.114. The smallest absolute Gasteiger partial charge is 0.289 e. The van der Waals surface area contributed by atoms with E-state index >= 15 is 0 Å².